The molecule has 2 aromatic heterocycles. The van der Waals surface area contributed by atoms with Crippen LogP contribution in [0.3, 0.4) is 0 Å². The Bertz CT molecular complexity index is 1160. The molecular weight excluding hydrogens is 526 g/mol. The highest BCUT2D eigenvalue weighted by molar-refractivity contribution is 6.03. The van der Waals surface area contributed by atoms with Gasteiger partial charge in [-0.2, -0.15) is 26.3 Å². The zero-order chi connectivity index (χ0) is 30.2. The van der Waals surface area contributed by atoms with E-state index in [1.807, 2.05) is 13.8 Å². The fraction of sp³-hybridized carbons (Fsp3) is 0.308. The predicted molar refractivity (Wildman–Crippen MR) is 141 cm³/mol. The van der Waals surface area contributed by atoms with Gasteiger partial charge in [0.15, 0.2) is 0 Å². The average Bonchev–Trinajstić information content (AvgIpc) is 2.89. The minimum absolute atomic E-state index is 0.0602. The van der Waals surface area contributed by atoms with Gasteiger partial charge < -0.3 is 5.32 Å². The highest BCUT2D eigenvalue weighted by Gasteiger charge is 2.37. The molecule has 0 bridgehead atoms. The maximum Gasteiger partial charge on any atom is 0.433 e. The van der Waals surface area contributed by atoms with Gasteiger partial charge in [-0.05, 0) is 56.2 Å². The first-order valence-electron chi connectivity index (χ1n) is 11.4. The standard InChI is InChI=1S/C21H20F6N6O.C3H4.C2H6/c1-3-13(10-29-2)4-8-17(21(25,26)27)33(28)15-6-9-18(31-12-15)32-19(34)14-5-7-16(30-11-14)20(22,23)24;1-3-2;1-2/h3,5-12H,4,28H2,1-2H3,(H,31,32,34);1H,2H3;1-2H3/b13-3-,17-8-,29-10?;;. The largest absolute Gasteiger partial charge is 0.433 e. The molecule has 0 atom stereocenters. The molecule has 1 amide bonds. The van der Waals surface area contributed by atoms with Gasteiger partial charge in [-0.25, -0.2) is 10.8 Å². The Morgan fingerprint density at radius 1 is 1.13 bits per heavy atom. The van der Waals surface area contributed by atoms with Crippen LogP contribution in [-0.4, -0.2) is 35.3 Å². The molecule has 0 saturated heterocycles. The number of pyridine rings is 2. The molecule has 0 radical (unpaired) electrons. The molecule has 2 heterocycles. The highest BCUT2D eigenvalue weighted by Crippen LogP contribution is 2.31. The summed E-state index contributed by atoms with van der Waals surface area (Å²) in [5.41, 5.74) is -2.04. The number of hydrazine groups is 1. The number of carbonyl (C=O) groups excluding carboxylic acids is 1. The third kappa shape index (κ3) is 11.8. The van der Waals surface area contributed by atoms with Crippen molar-refractivity contribution in [1.82, 2.24) is 9.97 Å². The lowest BCUT2D eigenvalue weighted by atomic mass is 10.1. The van der Waals surface area contributed by atoms with Crippen molar-refractivity contribution in [3.05, 3.63) is 71.3 Å². The molecule has 0 aromatic carbocycles. The van der Waals surface area contributed by atoms with E-state index < -0.39 is 29.7 Å². The molecule has 0 saturated carbocycles. The van der Waals surface area contributed by atoms with Crippen molar-refractivity contribution in [3.8, 4) is 12.3 Å². The fourth-order valence-electron chi connectivity index (χ4n) is 2.60. The number of hydrogen-bond donors (Lipinski definition) is 2. The number of nitrogens with zero attached hydrogens (tertiary/aromatic N) is 4. The summed E-state index contributed by atoms with van der Waals surface area (Å²) >= 11 is 0. The van der Waals surface area contributed by atoms with E-state index >= 15 is 0 Å². The monoisotopic (exact) mass is 556 g/mol. The van der Waals surface area contributed by atoms with E-state index in [1.54, 1.807) is 19.9 Å². The first kappa shape index (κ1) is 34.8. The molecule has 0 aliphatic rings. The topological polar surface area (TPSA) is 96.5 Å². The molecule has 3 N–H and O–H groups in total. The Morgan fingerprint density at radius 2 is 1.74 bits per heavy atom. The number of aromatic nitrogens is 2. The molecule has 0 aliphatic heterocycles. The molecule has 2 aromatic rings. The number of aliphatic imine (C=N–C) groups is 1. The van der Waals surface area contributed by atoms with Crippen LogP contribution in [0.25, 0.3) is 0 Å². The summed E-state index contributed by atoms with van der Waals surface area (Å²) in [6.07, 6.45) is 0.812. The van der Waals surface area contributed by atoms with Crippen LogP contribution in [0.5, 0.6) is 0 Å². The van der Waals surface area contributed by atoms with Crippen LogP contribution < -0.4 is 16.2 Å². The molecule has 13 heteroatoms. The number of alkyl halides is 6. The minimum Gasteiger partial charge on any atom is -0.307 e. The number of amides is 1. The van der Waals surface area contributed by atoms with Gasteiger partial charge in [-0.15, -0.1) is 12.3 Å². The summed E-state index contributed by atoms with van der Waals surface area (Å²) in [5.74, 6) is 7.07. The maximum absolute atomic E-state index is 13.5. The predicted octanol–water partition coefficient (Wildman–Crippen LogP) is 6.58. The van der Waals surface area contributed by atoms with Gasteiger partial charge >= 0.3 is 12.4 Å². The Morgan fingerprint density at radius 3 is 2.15 bits per heavy atom. The van der Waals surface area contributed by atoms with Gasteiger partial charge in [0.25, 0.3) is 5.91 Å². The summed E-state index contributed by atoms with van der Waals surface area (Å²) in [4.78, 5) is 23.0. The molecule has 0 fully saturated rings. The molecule has 0 unspecified atom stereocenters. The van der Waals surface area contributed by atoms with Gasteiger partial charge in [-0.1, -0.05) is 19.9 Å². The number of nitrogens with one attached hydrogen (secondary N) is 1. The molecule has 7 nitrogen and oxygen atoms in total. The number of nitrogens with two attached hydrogens (primary N) is 1. The number of halogens is 6. The lowest BCUT2D eigenvalue weighted by Crippen LogP contribution is -2.37. The van der Waals surface area contributed by atoms with Crippen LogP contribution >= 0.6 is 0 Å². The van der Waals surface area contributed by atoms with Gasteiger partial charge in [-0.3, -0.25) is 19.8 Å². The molecular formula is C26H30F6N6O. The van der Waals surface area contributed by atoms with Crippen molar-refractivity contribution < 1.29 is 31.1 Å². The van der Waals surface area contributed by atoms with Crippen molar-refractivity contribution in [2.75, 3.05) is 17.4 Å². The number of allylic oxidation sites excluding steroid dienone is 4. The molecule has 39 heavy (non-hydrogen) atoms. The number of hydrogen-bond acceptors (Lipinski definition) is 6. The number of terminal acetylenes is 1. The van der Waals surface area contributed by atoms with Crippen molar-refractivity contribution in [2.24, 2.45) is 10.8 Å². The van der Waals surface area contributed by atoms with E-state index in [0.29, 0.717) is 16.6 Å². The summed E-state index contributed by atoms with van der Waals surface area (Å²) in [6.45, 7) is 7.32. The van der Waals surface area contributed by atoms with E-state index in [4.69, 9.17) is 5.84 Å². The van der Waals surface area contributed by atoms with E-state index in [-0.39, 0.29) is 23.5 Å². The van der Waals surface area contributed by atoms with Crippen LogP contribution in [0.4, 0.5) is 37.8 Å². The lowest BCUT2D eigenvalue weighted by Gasteiger charge is -2.24. The van der Waals surface area contributed by atoms with E-state index in [0.717, 1.165) is 24.5 Å². The van der Waals surface area contributed by atoms with Crippen molar-refractivity contribution >= 4 is 23.6 Å². The smallest absolute Gasteiger partial charge is 0.307 e. The average molecular weight is 557 g/mol. The molecule has 212 valence electrons. The fourth-order valence-corrected chi connectivity index (χ4v) is 2.60. The Balaban J connectivity index is 0.00000269. The minimum atomic E-state index is -4.76. The van der Waals surface area contributed by atoms with Gasteiger partial charge in [0, 0.05) is 19.5 Å². The number of anilines is 2. The van der Waals surface area contributed by atoms with Crippen LogP contribution in [-0.2, 0) is 6.18 Å². The first-order chi connectivity index (χ1) is 18.3. The van der Waals surface area contributed by atoms with E-state index in [9.17, 15) is 31.1 Å². The van der Waals surface area contributed by atoms with Crippen molar-refractivity contribution in [1.29, 1.82) is 0 Å². The van der Waals surface area contributed by atoms with Crippen LogP contribution in [0.1, 0.15) is 50.2 Å². The van der Waals surface area contributed by atoms with Gasteiger partial charge in [0.2, 0.25) is 0 Å². The number of rotatable bonds is 7. The van der Waals surface area contributed by atoms with Crippen LogP contribution in [0, 0.1) is 12.3 Å². The SMILES string of the molecule is C#CC.C/C=C(\C=NC)C/C=C(\N(N)c1ccc(NC(=O)c2ccc(C(F)(F)F)nc2)nc1)C(F)(F)F.CC. The summed E-state index contributed by atoms with van der Waals surface area (Å²) in [7, 11) is 1.49. The highest BCUT2D eigenvalue weighted by atomic mass is 19.4. The van der Waals surface area contributed by atoms with Crippen LogP contribution in [0.2, 0.25) is 0 Å². The molecule has 2 rings (SSSR count). The maximum atomic E-state index is 13.5. The Kier molecular flexibility index (Phi) is 14.8. The van der Waals surface area contributed by atoms with Crippen molar-refractivity contribution in [2.45, 2.75) is 46.5 Å². The van der Waals surface area contributed by atoms with Crippen molar-refractivity contribution in [3.63, 3.8) is 0 Å². The van der Waals surface area contributed by atoms with Gasteiger partial charge in [0.1, 0.15) is 17.2 Å². The van der Waals surface area contributed by atoms with E-state index in [2.05, 4.69) is 32.6 Å². The molecule has 0 aliphatic carbocycles. The second kappa shape index (κ2) is 16.6. The Hall–Kier alpha value is -4.18. The Labute approximate surface area is 223 Å². The summed E-state index contributed by atoms with van der Waals surface area (Å²) in [6, 6.07) is 3.97. The second-order valence-corrected chi connectivity index (χ2v) is 6.99. The molecule has 0 spiro atoms. The first-order valence-corrected chi connectivity index (χ1v) is 11.4. The van der Waals surface area contributed by atoms with Gasteiger partial charge in [0.05, 0.1) is 17.4 Å². The zero-order valence-corrected chi connectivity index (χ0v) is 22.0. The normalized spacial score (nSPS) is 12.0. The third-order valence-electron chi connectivity index (χ3n) is 4.33. The van der Waals surface area contributed by atoms with Crippen LogP contribution in [0.15, 0.2) is 65.1 Å². The summed E-state index contributed by atoms with van der Waals surface area (Å²) in [5, 5.41) is 2.73. The second-order valence-electron chi connectivity index (χ2n) is 6.99. The quantitative estimate of drug-likeness (QED) is 0.132. The summed E-state index contributed by atoms with van der Waals surface area (Å²) < 4.78 is 78.3. The number of carbonyl (C=O) groups is 1. The zero-order valence-electron chi connectivity index (χ0n) is 22.0. The lowest BCUT2D eigenvalue weighted by molar-refractivity contribution is -0.141. The van der Waals surface area contributed by atoms with E-state index in [1.165, 1.54) is 25.4 Å². The third-order valence-corrected chi connectivity index (χ3v) is 4.33.